The van der Waals surface area contributed by atoms with Gasteiger partial charge in [0.25, 0.3) is 0 Å². The second kappa shape index (κ2) is 14.1. The number of likely N-dealkylation sites (tertiary alicyclic amines) is 1. The standard InChI is InChI=1S/C24H37N7O6/c1-14(32)19(22(35)31-12-6-10-18(31)23(36)37)30-21(34)17(13-15-7-3-2-4-8-15)29-20(33)16(25)9-5-11-28-24(26)27/h2-4,7-8,14,16-19,32H,5-6,9-13,25H2,1H3,(H,29,33)(H,30,34)(H,36,37)(H4,26,27,28). The van der Waals surface area contributed by atoms with Crippen molar-refractivity contribution in [3.05, 3.63) is 35.9 Å². The van der Waals surface area contributed by atoms with Crippen molar-refractivity contribution < 1.29 is 29.4 Å². The van der Waals surface area contributed by atoms with Gasteiger partial charge in [-0.3, -0.25) is 19.4 Å². The average molecular weight is 520 g/mol. The highest BCUT2D eigenvalue weighted by atomic mass is 16.4. The Bertz CT molecular complexity index is 968. The van der Waals surface area contributed by atoms with Crippen LogP contribution in [-0.4, -0.2) is 88.1 Å². The second-order valence-electron chi connectivity index (χ2n) is 9.06. The highest BCUT2D eigenvalue weighted by Crippen LogP contribution is 2.19. The number of nitrogens with one attached hydrogen (secondary N) is 2. The number of carboxylic acids is 1. The van der Waals surface area contributed by atoms with Crippen molar-refractivity contribution >= 4 is 29.7 Å². The fourth-order valence-electron chi connectivity index (χ4n) is 4.10. The topological polar surface area (TPSA) is 226 Å². The molecule has 0 radical (unpaired) electrons. The van der Waals surface area contributed by atoms with Gasteiger partial charge in [0, 0.05) is 19.5 Å². The summed E-state index contributed by atoms with van der Waals surface area (Å²) in [6.45, 7) is 1.82. The Hall–Kier alpha value is -3.71. The number of nitrogens with zero attached hydrogens (tertiary/aromatic N) is 2. The minimum atomic E-state index is -1.39. The summed E-state index contributed by atoms with van der Waals surface area (Å²) in [5.41, 5.74) is 17.3. The molecule has 0 bridgehead atoms. The fourth-order valence-corrected chi connectivity index (χ4v) is 4.10. The van der Waals surface area contributed by atoms with Crippen LogP contribution in [0.1, 0.15) is 38.2 Å². The van der Waals surface area contributed by atoms with Crippen molar-refractivity contribution in [1.82, 2.24) is 15.5 Å². The first kappa shape index (κ1) is 29.5. The minimum Gasteiger partial charge on any atom is -0.480 e. The number of hydrogen-bond donors (Lipinski definition) is 7. The van der Waals surface area contributed by atoms with E-state index < -0.39 is 54.0 Å². The Morgan fingerprint density at radius 2 is 1.81 bits per heavy atom. The number of hydrogen-bond acceptors (Lipinski definition) is 7. The van der Waals surface area contributed by atoms with Crippen molar-refractivity contribution in [2.24, 2.45) is 22.2 Å². The van der Waals surface area contributed by atoms with E-state index in [4.69, 9.17) is 17.2 Å². The van der Waals surface area contributed by atoms with Gasteiger partial charge in [0.1, 0.15) is 18.1 Å². The van der Waals surface area contributed by atoms with E-state index in [0.29, 0.717) is 19.4 Å². The van der Waals surface area contributed by atoms with Gasteiger partial charge in [-0.1, -0.05) is 30.3 Å². The van der Waals surface area contributed by atoms with Crippen LogP contribution in [0, 0.1) is 0 Å². The number of aliphatic hydroxyl groups is 1. The summed E-state index contributed by atoms with van der Waals surface area (Å²) >= 11 is 0. The number of aliphatic hydroxyl groups excluding tert-OH is 1. The van der Waals surface area contributed by atoms with Crippen LogP contribution in [-0.2, 0) is 25.6 Å². The molecule has 5 unspecified atom stereocenters. The maximum Gasteiger partial charge on any atom is 0.326 e. The summed E-state index contributed by atoms with van der Waals surface area (Å²) in [7, 11) is 0. The molecule has 0 spiro atoms. The number of carbonyl (C=O) groups is 4. The highest BCUT2D eigenvalue weighted by Gasteiger charge is 2.40. The normalized spacial score (nSPS) is 18.2. The molecule has 1 saturated heterocycles. The predicted molar refractivity (Wildman–Crippen MR) is 136 cm³/mol. The number of carbonyl (C=O) groups excluding carboxylic acids is 3. The van der Waals surface area contributed by atoms with Gasteiger partial charge >= 0.3 is 5.97 Å². The molecular formula is C24H37N7O6. The Kier molecular flexibility index (Phi) is 11.3. The SMILES string of the molecule is CC(O)C(NC(=O)C(Cc1ccccc1)NC(=O)C(N)CCCN=C(N)N)C(=O)N1CCCC1C(=O)O. The molecule has 1 aromatic rings. The van der Waals surface area contributed by atoms with Crippen LogP contribution in [0.2, 0.25) is 0 Å². The van der Waals surface area contributed by atoms with Crippen LogP contribution < -0.4 is 27.8 Å². The van der Waals surface area contributed by atoms with Crippen LogP contribution in [0.3, 0.4) is 0 Å². The maximum absolute atomic E-state index is 13.3. The molecule has 3 amide bonds. The van der Waals surface area contributed by atoms with E-state index in [2.05, 4.69) is 15.6 Å². The lowest BCUT2D eigenvalue weighted by molar-refractivity contribution is -0.150. The molecule has 0 aliphatic carbocycles. The molecule has 13 nitrogen and oxygen atoms in total. The molecule has 204 valence electrons. The van der Waals surface area contributed by atoms with Gasteiger partial charge in [0.2, 0.25) is 17.7 Å². The molecule has 0 aromatic heterocycles. The van der Waals surface area contributed by atoms with Gasteiger partial charge < -0.3 is 42.9 Å². The molecule has 10 N–H and O–H groups in total. The van der Waals surface area contributed by atoms with E-state index in [1.165, 1.54) is 6.92 Å². The summed E-state index contributed by atoms with van der Waals surface area (Å²) in [6.07, 6.45) is 0.287. The van der Waals surface area contributed by atoms with Gasteiger partial charge in [0.15, 0.2) is 5.96 Å². The molecule has 13 heteroatoms. The number of rotatable bonds is 13. The molecule has 1 aromatic carbocycles. The number of aliphatic imine (C=N–C) groups is 1. The molecule has 1 aliphatic heterocycles. The third kappa shape index (κ3) is 9.03. The first-order valence-corrected chi connectivity index (χ1v) is 12.2. The number of nitrogens with two attached hydrogens (primary N) is 3. The molecule has 0 saturated carbocycles. The minimum absolute atomic E-state index is 0.0663. The third-order valence-electron chi connectivity index (χ3n) is 6.09. The van der Waals surface area contributed by atoms with E-state index >= 15 is 0 Å². The predicted octanol–water partition coefficient (Wildman–Crippen LogP) is -1.96. The Balaban J connectivity index is 2.15. The molecular weight excluding hydrogens is 482 g/mol. The van der Waals surface area contributed by atoms with Crippen molar-refractivity contribution in [2.75, 3.05) is 13.1 Å². The van der Waals surface area contributed by atoms with Crippen molar-refractivity contribution in [3.8, 4) is 0 Å². The Morgan fingerprint density at radius 1 is 1.14 bits per heavy atom. The number of carboxylic acid groups (broad SMARTS) is 1. The largest absolute Gasteiger partial charge is 0.480 e. The van der Waals surface area contributed by atoms with Gasteiger partial charge in [-0.15, -0.1) is 0 Å². The van der Waals surface area contributed by atoms with E-state index in [1.807, 2.05) is 0 Å². The smallest absolute Gasteiger partial charge is 0.326 e. The van der Waals surface area contributed by atoms with Crippen LogP contribution in [0.15, 0.2) is 35.3 Å². The highest BCUT2D eigenvalue weighted by molar-refractivity contribution is 5.94. The van der Waals surface area contributed by atoms with E-state index in [9.17, 15) is 29.4 Å². The summed E-state index contributed by atoms with van der Waals surface area (Å²) in [5.74, 6) is -3.20. The second-order valence-corrected chi connectivity index (χ2v) is 9.06. The van der Waals surface area contributed by atoms with Gasteiger partial charge in [-0.2, -0.15) is 0 Å². The van der Waals surface area contributed by atoms with Crippen molar-refractivity contribution in [2.45, 2.75) is 69.3 Å². The first-order valence-electron chi connectivity index (χ1n) is 12.2. The average Bonchev–Trinajstić information content (AvgIpc) is 3.35. The molecule has 5 atom stereocenters. The van der Waals surface area contributed by atoms with Crippen LogP contribution in [0.4, 0.5) is 0 Å². The number of amides is 3. The van der Waals surface area contributed by atoms with E-state index in [-0.39, 0.29) is 31.8 Å². The zero-order valence-corrected chi connectivity index (χ0v) is 20.9. The zero-order chi connectivity index (χ0) is 27.5. The van der Waals surface area contributed by atoms with Gasteiger partial charge in [-0.05, 0) is 38.2 Å². The maximum atomic E-state index is 13.3. The quantitative estimate of drug-likeness (QED) is 0.0870. The van der Waals surface area contributed by atoms with Crippen molar-refractivity contribution in [3.63, 3.8) is 0 Å². The number of aliphatic carboxylic acids is 1. The first-order chi connectivity index (χ1) is 17.5. The van der Waals surface area contributed by atoms with E-state index in [1.54, 1.807) is 30.3 Å². The lowest BCUT2D eigenvalue weighted by Crippen LogP contribution is -2.60. The summed E-state index contributed by atoms with van der Waals surface area (Å²) in [5, 5.41) is 24.8. The van der Waals surface area contributed by atoms with Gasteiger partial charge in [-0.25, -0.2) is 4.79 Å². The third-order valence-corrected chi connectivity index (χ3v) is 6.09. The molecule has 1 heterocycles. The fraction of sp³-hybridized carbons (Fsp3) is 0.542. The molecule has 1 aliphatic rings. The summed E-state index contributed by atoms with van der Waals surface area (Å²) in [6, 6.07) is 4.46. The Morgan fingerprint density at radius 3 is 2.41 bits per heavy atom. The monoisotopic (exact) mass is 519 g/mol. The molecule has 1 fully saturated rings. The van der Waals surface area contributed by atoms with E-state index in [0.717, 1.165) is 10.5 Å². The summed E-state index contributed by atoms with van der Waals surface area (Å²) in [4.78, 5) is 55.7. The van der Waals surface area contributed by atoms with Gasteiger partial charge in [0.05, 0.1) is 12.1 Å². The van der Waals surface area contributed by atoms with Crippen LogP contribution >= 0.6 is 0 Å². The number of guanidine groups is 1. The molecule has 37 heavy (non-hydrogen) atoms. The zero-order valence-electron chi connectivity index (χ0n) is 20.9. The number of benzene rings is 1. The summed E-state index contributed by atoms with van der Waals surface area (Å²) < 4.78 is 0. The lowest BCUT2D eigenvalue weighted by atomic mass is 10.0. The van der Waals surface area contributed by atoms with Crippen LogP contribution in [0.5, 0.6) is 0 Å². The van der Waals surface area contributed by atoms with Crippen molar-refractivity contribution in [1.29, 1.82) is 0 Å². The van der Waals surface area contributed by atoms with Crippen LogP contribution in [0.25, 0.3) is 0 Å². The lowest BCUT2D eigenvalue weighted by Gasteiger charge is -2.30. The molecule has 2 rings (SSSR count). The Labute approximate surface area is 215 Å².